The first-order valence-electron chi connectivity index (χ1n) is 9.80. The summed E-state index contributed by atoms with van der Waals surface area (Å²) >= 11 is 0. The number of piperidine rings is 1. The van der Waals surface area contributed by atoms with E-state index < -0.39 is 9.84 Å². The number of rotatable bonds is 9. The molecule has 1 saturated heterocycles. The Morgan fingerprint density at radius 2 is 1.93 bits per heavy atom. The van der Waals surface area contributed by atoms with E-state index in [4.69, 9.17) is 4.74 Å². The third-order valence-electron chi connectivity index (χ3n) is 4.71. The maximum Gasteiger partial charge on any atom is 0.193 e. The minimum Gasteiger partial charge on any atom is -0.378 e. The Hall–Kier alpha value is -1.60. The number of likely N-dealkylation sites (tertiary alicyclic amines) is 1. The van der Waals surface area contributed by atoms with Gasteiger partial charge in [0, 0.05) is 25.9 Å². The summed E-state index contributed by atoms with van der Waals surface area (Å²) in [4.78, 5) is 6.96. The Morgan fingerprint density at radius 3 is 2.56 bits per heavy atom. The van der Waals surface area contributed by atoms with Crippen LogP contribution in [0.15, 0.2) is 35.3 Å². The lowest BCUT2D eigenvalue weighted by Crippen LogP contribution is -2.46. The number of nitrogens with zero attached hydrogens (tertiary/aromatic N) is 2. The van der Waals surface area contributed by atoms with Gasteiger partial charge in [0.05, 0.1) is 25.5 Å². The molecule has 152 valence electrons. The van der Waals surface area contributed by atoms with E-state index in [9.17, 15) is 8.42 Å². The molecule has 2 rings (SSSR count). The zero-order chi connectivity index (χ0) is 19.5. The zero-order valence-corrected chi connectivity index (χ0v) is 17.4. The van der Waals surface area contributed by atoms with Gasteiger partial charge in [-0.3, -0.25) is 4.99 Å². The summed E-state index contributed by atoms with van der Waals surface area (Å²) in [7, 11) is -2.96. The molecule has 0 aliphatic carbocycles. The summed E-state index contributed by atoms with van der Waals surface area (Å²) in [5.74, 6) is 1.72. The first kappa shape index (κ1) is 21.7. The van der Waals surface area contributed by atoms with Crippen LogP contribution in [-0.4, -0.2) is 70.7 Å². The van der Waals surface area contributed by atoms with Crippen LogP contribution in [0.25, 0.3) is 0 Å². The predicted molar refractivity (Wildman–Crippen MR) is 111 cm³/mol. The summed E-state index contributed by atoms with van der Waals surface area (Å²) in [6.45, 7) is 6.13. The minimum absolute atomic E-state index is 0.0612. The highest BCUT2D eigenvalue weighted by atomic mass is 32.2. The Balaban J connectivity index is 1.74. The van der Waals surface area contributed by atoms with Gasteiger partial charge in [-0.15, -0.1) is 0 Å². The van der Waals surface area contributed by atoms with Gasteiger partial charge in [0.1, 0.15) is 9.84 Å². The second-order valence-electron chi connectivity index (χ2n) is 7.10. The Morgan fingerprint density at radius 1 is 1.22 bits per heavy atom. The maximum absolute atomic E-state index is 11.1. The molecule has 0 atom stereocenters. The fourth-order valence-electron chi connectivity index (χ4n) is 3.25. The van der Waals surface area contributed by atoms with Gasteiger partial charge in [0.25, 0.3) is 0 Å². The number of ether oxygens (including phenoxy) is 1. The molecule has 0 unspecified atom stereocenters. The van der Waals surface area contributed by atoms with Gasteiger partial charge in [-0.05, 0) is 37.7 Å². The molecule has 1 aliphatic heterocycles. The van der Waals surface area contributed by atoms with Crippen LogP contribution in [0.5, 0.6) is 0 Å². The fraction of sp³-hybridized carbons (Fsp3) is 0.650. The van der Waals surface area contributed by atoms with Crippen LogP contribution in [0, 0.1) is 5.92 Å². The molecule has 0 radical (unpaired) electrons. The topological polar surface area (TPSA) is 71.0 Å². The fourth-order valence-corrected chi connectivity index (χ4v) is 3.67. The lowest BCUT2D eigenvalue weighted by molar-refractivity contribution is 0.156. The van der Waals surface area contributed by atoms with E-state index in [-0.39, 0.29) is 12.4 Å². The molecule has 27 heavy (non-hydrogen) atoms. The van der Waals surface area contributed by atoms with Crippen LogP contribution in [-0.2, 0) is 21.0 Å². The Labute approximate surface area is 163 Å². The highest BCUT2D eigenvalue weighted by Crippen LogP contribution is 2.21. The molecule has 0 bridgehead atoms. The lowest BCUT2D eigenvalue weighted by atomic mass is 9.90. The number of nitrogens with one attached hydrogen (secondary N) is 1. The van der Waals surface area contributed by atoms with E-state index in [0.29, 0.717) is 13.2 Å². The first-order valence-corrected chi connectivity index (χ1v) is 11.9. The highest BCUT2D eigenvalue weighted by molar-refractivity contribution is 7.90. The molecular weight excluding hydrogens is 362 g/mol. The van der Waals surface area contributed by atoms with Crippen molar-refractivity contribution in [3.63, 3.8) is 0 Å². The molecule has 1 aliphatic rings. The smallest absolute Gasteiger partial charge is 0.193 e. The summed E-state index contributed by atoms with van der Waals surface area (Å²) in [6, 6.07) is 10.7. The van der Waals surface area contributed by atoms with Crippen LogP contribution in [0.1, 0.15) is 25.3 Å². The van der Waals surface area contributed by atoms with E-state index in [1.807, 2.05) is 0 Å². The molecule has 1 aromatic carbocycles. The number of hydrogen-bond donors (Lipinski definition) is 1. The molecule has 6 nitrogen and oxygen atoms in total. The lowest BCUT2D eigenvalue weighted by Gasteiger charge is -2.34. The zero-order valence-electron chi connectivity index (χ0n) is 16.6. The van der Waals surface area contributed by atoms with Crippen molar-refractivity contribution in [2.45, 2.75) is 26.2 Å². The molecular formula is C20H33N3O3S. The van der Waals surface area contributed by atoms with Crippen LogP contribution in [0.2, 0.25) is 0 Å². The molecule has 1 N–H and O–H groups in total. The molecule has 1 heterocycles. The normalized spacial score (nSPS) is 16.5. The number of benzene rings is 1. The van der Waals surface area contributed by atoms with Crippen molar-refractivity contribution in [2.75, 3.05) is 51.4 Å². The number of guanidine groups is 1. The van der Waals surface area contributed by atoms with Crippen molar-refractivity contribution >= 4 is 15.8 Å². The molecule has 7 heteroatoms. The summed E-state index contributed by atoms with van der Waals surface area (Å²) < 4.78 is 27.5. The van der Waals surface area contributed by atoms with Gasteiger partial charge in [0.15, 0.2) is 5.96 Å². The van der Waals surface area contributed by atoms with Crippen molar-refractivity contribution in [1.29, 1.82) is 0 Å². The van der Waals surface area contributed by atoms with Crippen molar-refractivity contribution in [1.82, 2.24) is 10.2 Å². The van der Waals surface area contributed by atoms with E-state index in [0.717, 1.165) is 37.9 Å². The molecule has 1 aromatic rings. The minimum atomic E-state index is -2.96. The SMILES string of the molecule is CCNC(=NCCOCCS(C)(=O)=O)N1CCC(Cc2ccccc2)CC1. The maximum atomic E-state index is 11.1. The third kappa shape index (κ3) is 8.75. The van der Waals surface area contributed by atoms with Crippen LogP contribution >= 0.6 is 0 Å². The van der Waals surface area contributed by atoms with Gasteiger partial charge in [-0.2, -0.15) is 0 Å². The molecule has 0 saturated carbocycles. The van der Waals surface area contributed by atoms with E-state index in [1.54, 1.807) is 0 Å². The number of aliphatic imine (C=N–C) groups is 1. The summed E-state index contributed by atoms with van der Waals surface area (Å²) in [5.41, 5.74) is 1.42. The predicted octanol–water partition coefficient (Wildman–Crippen LogP) is 1.97. The molecule has 0 amide bonds. The monoisotopic (exact) mass is 395 g/mol. The van der Waals surface area contributed by atoms with Gasteiger partial charge >= 0.3 is 0 Å². The van der Waals surface area contributed by atoms with Crippen LogP contribution < -0.4 is 5.32 Å². The number of hydrogen-bond acceptors (Lipinski definition) is 4. The molecule has 0 spiro atoms. The van der Waals surface area contributed by atoms with E-state index >= 15 is 0 Å². The Kier molecular flexibility index (Phi) is 9.07. The number of sulfone groups is 1. The summed E-state index contributed by atoms with van der Waals surface area (Å²) in [6.07, 6.45) is 4.71. The van der Waals surface area contributed by atoms with Crippen molar-refractivity contribution in [3.8, 4) is 0 Å². The van der Waals surface area contributed by atoms with Crippen LogP contribution in [0.4, 0.5) is 0 Å². The van der Waals surface area contributed by atoms with Gasteiger partial charge < -0.3 is 15.0 Å². The van der Waals surface area contributed by atoms with Crippen molar-refractivity contribution < 1.29 is 13.2 Å². The average Bonchev–Trinajstić information content (AvgIpc) is 2.64. The molecule has 0 aromatic heterocycles. The van der Waals surface area contributed by atoms with Crippen LogP contribution in [0.3, 0.4) is 0 Å². The van der Waals surface area contributed by atoms with E-state index in [1.165, 1.54) is 24.7 Å². The average molecular weight is 396 g/mol. The second kappa shape index (κ2) is 11.3. The first-order chi connectivity index (χ1) is 13.0. The largest absolute Gasteiger partial charge is 0.378 e. The van der Waals surface area contributed by atoms with Gasteiger partial charge in [-0.25, -0.2) is 8.42 Å². The highest BCUT2D eigenvalue weighted by Gasteiger charge is 2.21. The van der Waals surface area contributed by atoms with Gasteiger partial charge in [-0.1, -0.05) is 30.3 Å². The third-order valence-corrected chi connectivity index (χ3v) is 5.62. The summed E-state index contributed by atoms with van der Waals surface area (Å²) in [5, 5.41) is 3.36. The van der Waals surface area contributed by atoms with Crippen molar-refractivity contribution in [3.05, 3.63) is 35.9 Å². The molecule has 1 fully saturated rings. The standard InChI is InChI=1S/C20H33N3O3S/c1-3-21-20(22-11-14-26-15-16-27(2,24)25)23-12-9-19(10-13-23)17-18-7-5-4-6-8-18/h4-8,19H,3,9-17H2,1-2H3,(H,21,22). The van der Waals surface area contributed by atoms with Gasteiger partial charge in [0.2, 0.25) is 0 Å². The van der Waals surface area contributed by atoms with E-state index in [2.05, 4.69) is 52.5 Å². The Bertz CT molecular complexity index is 669. The quantitative estimate of drug-likeness (QED) is 0.393. The van der Waals surface area contributed by atoms with Crippen molar-refractivity contribution in [2.24, 2.45) is 10.9 Å². The second-order valence-corrected chi connectivity index (χ2v) is 9.36.